The van der Waals surface area contributed by atoms with Crippen molar-refractivity contribution in [1.82, 2.24) is 10.4 Å². The van der Waals surface area contributed by atoms with E-state index in [4.69, 9.17) is 4.74 Å². The Hall–Kier alpha value is -2.56. The molecule has 0 aliphatic rings. The highest BCUT2D eigenvalue weighted by atomic mass is 16.5. The van der Waals surface area contributed by atoms with E-state index in [9.17, 15) is 4.79 Å². The number of aromatic nitrogens is 1. The molecule has 2 N–H and O–H groups in total. The Bertz CT molecular complexity index is 562. The third-order valence-electron chi connectivity index (χ3n) is 2.47. The summed E-state index contributed by atoms with van der Waals surface area (Å²) in [4.78, 5) is 14.4. The van der Waals surface area contributed by atoms with E-state index in [1.165, 1.54) is 6.21 Å². The van der Waals surface area contributed by atoms with Gasteiger partial charge in [-0.15, -0.1) is 0 Å². The second-order valence-corrected chi connectivity index (χ2v) is 3.97. The third kappa shape index (κ3) is 3.99. The zero-order chi connectivity index (χ0) is 13.5. The zero-order valence-electron chi connectivity index (χ0n) is 10.6. The molecule has 1 amide bonds. The number of hydrazone groups is 1. The molecule has 1 heterocycles. The van der Waals surface area contributed by atoms with Crippen molar-refractivity contribution in [2.45, 2.75) is 6.92 Å². The van der Waals surface area contributed by atoms with Gasteiger partial charge in [-0.2, -0.15) is 5.10 Å². The van der Waals surface area contributed by atoms with Crippen LogP contribution in [0.5, 0.6) is 5.75 Å². The summed E-state index contributed by atoms with van der Waals surface area (Å²) in [5, 5.41) is 3.81. The van der Waals surface area contributed by atoms with Crippen LogP contribution in [0.3, 0.4) is 0 Å². The highest BCUT2D eigenvalue weighted by Crippen LogP contribution is 2.15. The van der Waals surface area contributed by atoms with E-state index in [1.54, 1.807) is 6.20 Å². The van der Waals surface area contributed by atoms with Crippen LogP contribution in [0, 0.1) is 6.92 Å². The minimum absolute atomic E-state index is 0.0626. The van der Waals surface area contributed by atoms with Crippen molar-refractivity contribution >= 4 is 12.1 Å². The van der Waals surface area contributed by atoms with Crippen molar-refractivity contribution in [1.29, 1.82) is 0 Å². The second-order valence-electron chi connectivity index (χ2n) is 3.97. The molecule has 0 radical (unpaired) electrons. The summed E-state index contributed by atoms with van der Waals surface area (Å²) in [6, 6.07) is 11.2. The van der Waals surface area contributed by atoms with Crippen LogP contribution in [0.4, 0.5) is 0 Å². The molecule has 0 aliphatic heterocycles. The van der Waals surface area contributed by atoms with Crippen LogP contribution in [-0.4, -0.2) is 23.7 Å². The fourth-order valence-electron chi connectivity index (χ4n) is 1.49. The molecule has 2 rings (SSSR count). The smallest absolute Gasteiger partial charge is 0.277 e. The van der Waals surface area contributed by atoms with Gasteiger partial charge in [-0.25, -0.2) is 5.43 Å². The van der Waals surface area contributed by atoms with Crippen LogP contribution >= 0.6 is 0 Å². The number of hydrogen-bond donors (Lipinski definition) is 2. The third-order valence-corrected chi connectivity index (χ3v) is 2.47. The predicted molar refractivity (Wildman–Crippen MR) is 73.2 cm³/mol. The molecule has 0 saturated heterocycles. The molecule has 19 heavy (non-hydrogen) atoms. The Labute approximate surface area is 111 Å². The van der Waals surface area contributed by atoms with Crippen LogP contribution in [-0.2, 0) is 4.79 Å². The Morgan fingerprint density at radius 2 is 2.21 bits per heavy atom. The fourth-order valence-corrected chi connectivity index (χ4v) is 1.49. The lowest BCUT2D eigenvalue weighted by Crippen LogP contribution is -2.24. The molecule has 98 valence electrons. The summed E-state index contributed by atoms with van der Waals surface area (Å²) in [5.74, 6) is 0.400. The number of hydrogen-bond acceptors (Lipinski definition) is 3. The Morgan fingerprint density at radius 1 is 1.37 bits per heavy atom. The van der Waals surface area contributed by atoms with Crippen LogP contribution in [0.2, 0.25) is 0 Å². The summed E-state index contributed by atoms with van der Waals surface area (Å²) in [7, 11) is 0. The maximum absolute atomic E-state index is 11.5. The number of H-pyrrole nitrogens is 1. The van der Waals surface area contributed by atoms with E-state index in [1.807, 2.05) is 43.3 Å². The summed E-state index contributed by atoms with van der Waals surface area (Å²) in [6.07, 6.45) is 3.32. The Kier molecular flexibility index (Phi) is 4.34. The largest absolute Gasteiger partial charge is 0.483 e. The van der Waals surface area contributed by atoms with E-state index < -0.39 is 0 Å². The molecule has 5 heteroatoms. The average Bonchev–Trinajstić information content (AvgIpc) is 2.91. The zero-order valence-corrected chi connectivity index (χ0v) is 10.6. The highest BCUT2D eigenvalue weighted by Gasteiger charge is 2.02. The van der Waals surface area contributed by atoms with Gasteiger partial charge in [-0.1, -0.05) is 18.2 Å². The molecule has 0 bridgehead atoms. The maximum Gasteiger partial charge on any atom is 0.277 e. The minimum Gasteiger partial charge on any atom is -0.483 e. The lowest BCUT2D eigenvalue weighted by atomic mass is 10.2. The number of para-hydroxylation sites is 1. The van der Waals surface area contributed by atoms with Gasteiger partial charge in [0.25, 0.3) is 5.91 Å². The fraction of sp³-hybridized carbons (Fsp3) is 0.143. The van der Waals surface area contributed by atoms with Crippen LogP contribution in [0.15, 0.2) is 47.7 Å². The van der Waals surface area contributed by atoms with E-state index in [0.29, 0.717) is 5.75 Å². The van der Waals surface area contributed by atoms with Gasteiger partial charge < -0.3 is 9.72 Å². The summed E-state index contributed by atoms with van der Waals surface area (Å²) in [5.41, 5.74) is 4.21. The first-order chi connectivity index (χ1) is 9.25. The SMILES string of the molecule is Cc1ccccc1OCC(=O)N/N=C/c1ccc[nH]1. The molecule has 0 saturated carbocycles. The molecule has 1 aromatic heterocycles. The number of benzene rings is 1. The van der Waals surface area contributed by atoms with E-state index >= 15 is 0 Å². The lowest BCUT2D eigenvalue weighted by Gasteiger charge is -2.07. The predicted octanol–water partition coefficient (Wildman–Crippen LogP) is 1.85. The average molecular weight is 257 g/mol. The van der Waals surface area contributed by atoms with E-state index in [-0.39, 0.29) is 12.5 Å². The van der Waals surface area contributed by atoms with Gasteiger partial charge in [0.15, 0.2) is 6.61 Å². The van der Waals surface area contributed by atoms with Crippen molar-refractivity contribution in [3.05, 3.63) is 53.9 Å². The molecule has 0 unspecified atom stereocenters. The van der Waals surface area contributed by atoms with Crippen molar-refractivity contribution in [3.8, 4) is 5.75 Å². The van der Waals surface area contributed by atoms with Gasteiger partial charge in [0, 0.05) is 6.20 Å². The van der Waals surface area contributed by atoms with Crippen molar-refractivity contribution in [3.63, 3.8) is 0 Å². The molecule has 2 aromatic rings. The van der Waals surface area contributed by atoms with E-state index in [0.717, 1.165) is 11.3 Å². The number of aromatic amines is 1. The van der Waals surface area contributed by atoms with Gasteiger partial charge >= 0.3 is 0 Å². The molecule has 5 nitrogen and oxygen atoms in total. The Balaban J connectivity index is 1.78. The summed E-state index contributed by atoms with van der Waals surface area (Å²) in [6.45, 7) is 1.86. The Morgan fingerprint density at radius 3 is 2.95 bits per heavy atom. The molecule has 0 aliphatic carbocycles. The maximum atomic E-state index is 11.5. The number of ether oxygens (including phenoxy) is 1. The lowest BCUT2D eigenvalue weighted by molar-refractivity contribution is -0.123. The minimum atomic E-state index is -0.300. The first-order valence-electron chi connectivity index (χ1n) is 5.89. The number of nitrogens with one attached hydrogen (secondary N) is 2. The number of nitrogens with zero attached hydrogens (tertiary/aromatic N) is 1. The van der Waals surface area contributed by atoms with Gasteiger partial charge in [0.2, 0.25) is 0 Å². The van der Waals surface area contributed by atoms with Gasteiger partial charge in [-0.3, -0.25) is 4.79 Å². The summed E-state index contributed by atoms with van der Waals surface area (Å²) < 4.78 is 5.39. The van der Waals surface area contributed by atoms with Crippen LogP contribution in [0.1, 0.15) is 11.3 Å². The molecular formula is C14H15N3O2. The first-order valence-corrected chi connectivity index (χ1v) is 5.89. The molecular weight excluding hydrogens is 242 g/mol. The number of aryl methyl sites for hydroxylation is 1. The quantitative estimate of drug-likeness (QED) is 0.634. The highest BCUT2D eigenvalue weighted by molar-refractivity contribution is 5.81. The van der Waals surface area contributed by atoms with Crippen molar-refractivity contribution in [2.24, 2.45) is 5.10 Å². The number of amides is 1. The van der Waals surface area contributed by atoms with Crippen LogP contribution in [0.25, 0.3) is 0 Å². The van der Waals surface area contributed by atoms with Gasteiger partial charge in [0.1, 0.15) is 5.75 Å². The number of carbonyl (C=O) groups is 1. The first kappa shape index (κ1) is 12.9. The number of carbonyl (C=O) groups excluding carboxylic acids is 1. The molecule has 0 spiro atoms. The van der Waals surface area contributed by atoms with Gasteiger partial charge in [0.05, 0.1) is 11.9 Å². The second kappa shape index (κ2) is 6.39. The topological polar surface area (TPSA) is 66.5 Å². The monoisotopic (exact) mass is 257 g/mol. The van der Waals surface area contributed by atoms with Gasteiger partial charge in [-0.05, 0) is 30.7 Å². The molecule has 0 atom stereocenters. The summed E-state index contributed by atoms with van der Waals surface area (Å²) >= 11 is 0. The van der Waals surface area contributed by atoms with E-state index in [2.05, 4.69) is 15.5 Å². The van der Waals surface area contributed by atoms with Crippen molar-refractivity contribution in [2.75, 3.05) is 6.61 Å². The molecule has 1 aromatic carbocycles. The standard InChI is InChI=1S/C14H15N3O2/c1-11-5-2-3-7-13(11)19-10-14(18)17-16-9-12-6-4-8-15-12/h2-9,15H,10H2,1H3,(H,17,18)/b16-9+. The van der Waals surface area contributed by atoms with Crippen molar-refractivity contribution < 1.29 is 9.53 Å². The normalized spacial score (nSPS) is 10.6. The molecule has 0 fully saturated rings. The van der Waals surface area contributed by atoms with Crippen LogP contribution < -0.4 is 10.2 Å². The number of rotatable bonds is 5.